The normalized spacial score (nSPS) is 39.1. The third-order valence-corrected chi connectivity index (χ3v) is 3.85. The highest BCUT2D eigenvalue weighted by molar-refractivity contribution is 5.72. The number of aliphatic carboxylic acids is 1. The fraction of sp³-hybridized carbons (Fsp3) is 0.917. The van der Waals surface area contributed by atoms with Gasteiger partial charge in [-0.1, -0.05) is 13.3 Å². The van der Waals surface area contributed by atoms with Gasteiger partial charge < -0.3 is 15.2 Å². The predicted octanol–water partition coefficient (Wildman–Crippen LogP) is 1.40. The van der Waals surface area contributed by atoms with E-state index in [4.69, 9.17) is 9.84 Å². The number of hydrogen-bond acceptors (Lipinski definition) is 3. The zero-order valence-electron chi connectivity index (χ0n) is 9.82. The Morgan fingerprint density at radius 3 is 2.75 bits per heavy atom. The molecule has 16 heavy (non-hydrogen) atoms. The molecule has 1 aliphatic carbocycles. The van der Waals surface area contributed by atoms with Gasteiger partial charge in [-0.2, -0.15) is 0 Å². The molecule has 4 nitrogen and oxygen atoms in total. The summed E-state index contributed by atoms with van der Waals surface area (Å²) >= 11 is 0. The van der Waals surface area contributed by atoms with Crippen LogP contribution in [0.4, 0.5) is 0 Å². The maximum Gasteiger partial charge on any atom is 0.332 e. The third-order valence-electron chi connectivity index (χ3n) is 3.85. The number of carboxylic acid groups (broad SMARTS) is 1. The molecule has 4 heteroatoms. The fourth-order valence-corrected chi connectivity index (χ4v) is 2.77. The Hall–Kier alpha value is -0.610. The molecule has 0 bridgehead atoms. The van der Waals surface area contributed by atoms with Gasteiger partial charge in [-0.05, 0) is 31.6 Å². The van der Waals surface area contributed by atoms with Gasteiger partial charge in [-0.3, -0.25) is 0 Å². The zero-order chi connectivity index (χ0) is 11.5. The molecule has 4 unspecified atom stereocenters. The van der Waals surface area contributed by atoms with Gasteiger partial charge in [0, 0.05) is 12.6 Å². The SMILES string of the molecule is CC1CCCC1NCC1CCC(C(=O)O)O1. The first-order chi connectivity index (χ1) is 7.66. The largest absolute Gasteiger partial charge is 0.479 e. The molecule has 1 heterocycles. The summed E-state index contributed by atoms with van der Waals surface area (Å²) in [5, 5.41) is 12.3. The smallest absolute Gasteiger partial charge is 0.332 e. The lowest BCUT2D eigenvalue weighted by atomic mass is 10.1. The molecule has 2 rings (SSSR count). The summed E-state index contributed by atoms with van der Waals surface area (Å²) in [4.78, 5) is 10.7. The second kappa shape index (κ2) is 5.15. The van der Waals surface area contributed by atoms with Crippen LogP contribution in [-0.2, 0) is 9.53 Å². The summed E-state index contributed by atoms with van der Waals surface area (Å²) in [7, 11) is 0. The van der Waals surface area contributed by atoms with Crippen molar-refractivity contribution in [1.29, 1.82) is 0 Å². The second-order valence-corrected chi connectivity index (χ2v) is 5.09. The van der Waals surface area contributed by atoms with E-state index in [1.165, 1.54) is 19.3 Å². The molecule has 2 aliphatic rings. The topological polar surface area (TPSA) is 58.6 Å². The predicted molar refractivity (Wildman–Crippen MR) is 60.3 cm³/mol. The Balaban J connectivity index is 1.69. The first-order valence-electron chi connectivity index (χ1n) is 6.28. The number of carbonyl (C=O) groups is 1. The van der Waals surface area contributed by atoms with Gasteiger partial charge in [0.15, 0.2) is 6.10 Å². The van der Waals surface area contributed by atoms with Gasteiger partial charge in [0.1, 0.15) is 0 Å². The molecule has 0 aromatic rings. The zero-order valence-corrected chi connectivity index (χ0v) is 9.82. The van der Waals surface area contributed by atoms with Gasteiger partial charge in [0.05, 0.1) is 6.10 Å². The minimum Gasteiger partial charge on any atom is -0.479 e. The average Bonchev–Trinajstić information content (AvgIpc) is 2.83. The highest BCUT2D eigenvalue weighted by atomic mass is 16.5. The van der Waals surface area contributed by atoms with Crippen LogP contribution in [0.3, 0.4) is 0 Å². The van der Waals surface area contributed by atoms with E-state index in [-0.39, 0.29) is 6.10 Å². The van der Waals surface area contributed by atoms with Crippen LogP contribution in [0.15, 0.2) is 0 Å². The lowest BCUT2D eigenvalue weighted by molar-refractivity contribution is -0.149. The number of carboxylic acids is 1. The Kier molecular flexibility index (Phi) is 3.82. The summed E-state index contributed by atoms with van der Waals surface area (Å²) in [6, 6.07) is 0.604. The molecule has 2 N–H and O–H groups in total. The molecule has 4 atom stereocenters. The number of hydrogen-bond donors (Lipinski definition) is 2. The number of ether oxygens (including phenoxy) is 1. The van der Waals surface area contributed by atoms with Crippen LogP contribution < -0.4 is 5.32 Å². The van der Waals surface area contributed by atoms with Gasteiger partial charge in [-0.25, -0.2) is 4.79 Å². The summed E-state index contributed by atoms with van der Waals surface area (Å²) in [6.45, 7) is 3.08. The lowest BCUT2D eigenvalue weighted by Crippen LogP contribution is -2.37. The molecular weight excluding hydrogens is 206 g/mol. The highest BCUT2D eigenvalue weighted by Crippen LogP contribution is 2.25. The molecule has 0 radical (unpaired) electrons. The lowest BCUT2D eigenvalue weighted by Gasteiger charge is -2.20. The summed E-state index contributed by atoms with van der Waals surface area (Å²) in [5.41, 5.74) is 0. The van der Waals surface area contributed by atoms with Crippen LogP contribution in [0.25, 0.3) is 0 Å². The van der Waals surface area contributed by atoms with Crippen molar-refractivity contribution in [2.24, 2.45) is 5.92 Å². The molecule has 1 aliphatic heterocycles. The van der Waals surface area contributed by atoms with Crippen molar-refractivity contribution in [3.63, 3.8) is 0 Å². The summed E-state index contributed by atoms with van der Waals surface area (Å²) in [6.07, 6.45) is 4.90. The molecule has 1 saturated heterocycles. The quantitative estimate of drug-likeness (QED) is 0.762. The van der Waals surface area contributed by atoms with Crippen molar-refractivity contribution in [3.05, 3.63) is 0 Å². The van der Waals surface area contributed by atoms with E-state index in [0.717, 1.165) is 18.9 Å². The van der Waals surface area contributed by atoms with E-state index in [9.17, 15) is 4.79 Å². The molecule has 1 saturated carbocycles. The van der Waals surface area contributed by atoms with Crippen molar-refractivity contribution in [2.75, 3.05) is 6.54 Å². The molecule has 0 aromatic carbocycles. The van der Waals surface area contributed by atoms with Crippen LogP contribution in [0, 0.1) is 5.92 Å². The van der Waals surface area contributed by atoms with Gasteiger partial charge >= 0.3 is 5.97 Å². The molecule has 0 spiro atoms. The van der Waals surface area contributed by atoms with E-state index in [2.05, 4.69) is 12.2 Å². The van der Waals surface area contributed by atoms with Crippen molar-refractivity contribution in [3.8, 4) is 0 Å². The van der Waals surface area contributed by atoms with Crippen LogP contribution in [-0.4, -0.2) is 35.9 Å². The molecule has 2 fully saturated rings. The van der Waals surface area contributed by atoms with Crippen LogP contribution >= 0.6 is 0 Å². The first-order valence-corrected chi connectivity index (χ1v) is 6.28. The Morgan fingerprint density at radius 1 is 1.38 bits per heavy atom. The Bertz CT molecular complexity index is 257. The number of rotatable bonds is 4. The third kappa shape index (κ3) is 2.74. The van der Waals surface area contributed by atoms with Crippen LogP contribution in [0.5, 0.6) is 0 Å². The molecule has 0 amide bonds. The maximum atomic E-state index is 10.7. The highest BCUT2D eigenvalue weighted by Gasteiger charge is 2.31. The fourth-order valence-electron chi connectivity index (χ4n) is 2.77. The summed E-state index contributed by atoms with van der Waals surface area (Å²) < 4.78 is 5.46. The first kappa shape index (κ1) is 11.9. The van der Waals surface area contributed by atoms with Crippen molar-refractivity contribution in [2.45, 2.75) is 57.3 Å². The van der Waals surface area contributed by atoms with Crippen molar-refractivity contribution < 1.29 is 14.6 Å². The van der Waals surface area contributed by atoms with E-state index < -0.39 is 12.1 Å². The van der Waals surface area contributed by atoms with Gasteiger partial charge in [-0.15, -0.1) is 0 Å². The Morgan fingerprint density at radius 2 is 2.19 bits per heavy atom. The summed E-state index contributed by atoms with van der Waals surface area (Å²) in [5.74, 6) is -0.0755. The monoisotopic (exact) mass is 227 g/mol. The molecular formula is C12H21NO3. The van der Waals surface area contributed by atoms with E-state index >= 15 is 0 Å². The minimum absolute atomic E-state index is 0.0916. The van der Waals surface area contributed by atoms with E-state index in [1.807, 2.05) is 0 Å². The average molecular weight is 227 g/mol. The molecule has 92 valence electrons. The van der Waals surface area contributed by atoms with Crippen LogP contribution in [0.1, 0.15) is 39.0 Å². The standard InChI is InChI=1S/C12H21NO3/c1-8-3-2-4-10(8)13-7-9-5-6-11(16-9)12(14)15/h8-11,13H,2-7H2,1H3,(H,14,15). The van der Waals surface area contributed by atoms with E-state index in [1.54, 1.807) is 0 Å². The Labute approximate surface area is 96.4 Å². The minimum atomic E-state index is -0.822. The van der Waals surface area contributed by atoms with Crippen LogP contribution in [0.2, 0.25) is 0 Å². The maximum absolute atomic E-state index is 10.7. The van der Waals surface area contributed by atoms with Crippen molar-refractivity contribution >= 4 is 5.97 Å². The van der Waals surface area contributed by atoms with E-state index in [0.29, 0.717) is 12.5 Å². The van der Waals surface area contributed by atoms with Gasteiger partial charge in [0.2, 0.25) is 0 Å². The van der Waals surface area contributed by atoms with Gasteiger partial charge in [0.25, 0.3) is 0 Å². The molecule has 0 aromatic heterocycles. The number of nitrogens with one attached hydrogen (secondary N) is 1. The van der Waals surface area contributed by atoms with Crippen molar-refractivity contribution in [1.82, 2.24) is 5.32 Å². The second-order valence-electron chi connectivity index (χ2n) is 5.09.